The first-order valence-corrected chi connectivity index (χ1v) is 10.9. The lowest BCUT2D eigenvalue weighted by Crippen LogP contribution is -2.46. The monoisotopic (exact) mass is 427 g/mol. The molecule has 1 heterocycles. The molecular weight excluding hydrogens is 401 g/mol. The molecule has 2 amide bonds. The van der Waals surface area contributed by atoms with Crippen LogP contribution in [0, 0.1) is 5.82 Å². The number of rotatable bonds is 8. The van der Waals surface area contributed by atoms with Crippen LogP contribution in [0.5, 0.6) is 0 Å². The normalized spacial score (nSPS) is 14.8. The van der Waals surface area contributed by atoms with Gasteiger partial charge in [-0.2, -0.15) is 0 Å². The third-order valence-electron chi connectivity index (χ3n) is 4.91. The summed E-state index contributed by atoms with van der Waals surface area (Å²) in [7, 11) is 0. The molecule has 0 atom stereocenters. The molecule has 0 unspecified atom stereocenters. The van der Waals surface area contributed by atoms with E-state index in [1.165, 1.54) is 24.3 Å². The van der Waals surface area contributed by atoms with Gasteiger partial charge in [0.2, 0.25) is 5.91 Å². The van der Waals surface area contributed by atoms with Gasteiger partial charge in [0.15, 0.2) is 0 Å². The second kappa shape index (κ2) is 10.9. The first kappa shape index (κ1) is 22.1. The van der Waals surface area contributed by atoms with Gasteiger partial charge in [0.05, 0.1) is 12.2 Å². The van der Waals surface area contributed by atoms with Gasteiger partial charge in [-0.1, -0.05) is 18.2 Å². The topological polar surface area (TPSA) is 61.4 Å². The molecule has 2 aromatic rings. The number of piperidine rings is 1. The molecule has 0 radical (unpaired) electrons. The van der Waals surface area contributed by atoms with Gasteiger partial charge in [-0.3, -0.25) is 14.5 Å². The van der Waals surface area contributed by atoms with Crippen molar-refractivity contribution < 1.29 is 14.0 Å². The van der Waals surface area contributed by atoms with E-state index >= 15 is 0 Å². The Labute approximate surface area is 180 Å². The highest BCUT2D eigenvalue weighted by atomic mass is 32.2. The van der Waals surface area contributed by atoms with Crippen LogP contribution in [0.1, 0.15) is 23.2 Å². The number of nitrogens with one attached hydrogen (secondary N) is 2. The van der Waals surface area contributed by atoms with Crippen molar-refractivity contribution in [2.24, 2.45) is 0 Å². The average Bonchev–Trinajstić information content (AvgIpc) is 2.75. The van der Waals surface area contributed by atoms with Gasteiger partial charge < -0.3 is 10.6 Å². The summed E-state index contributed by atoms with van der Waals surface area (Å²) in [5, 5.41) is 6.00. The van der Waals surface area contributed by atoms with Gasteiger partial charge in [-0.25, -0.2) is 4.39 Å². The molecule has 0 bridgehead atoms. The highest BCUT2D eigenvalue weighted by Crippen LogP contribution is 2.27. The van der Waals surface area contributed by atoms with Crippen LogP contribution in [0.2, 0.25) is 0 Å². The van der Waals surface area contributed by atoms with Gasteiger partial charge in [0, 0.05) is 35.3 Å². The van der Waals surface area contributed by atoms with E-state index in [0.717, 1.165) is 42.3 Å². The van der Waals surface area contributed by atoms with Gasteiger partial charge in [0.1, 0.15) is 5.82 Å². The zero-order valence-electron chi connectivity index (χ0n) is 16.8. The Kier molecular flexibility index (Phi) is 8.04. The highest BCUT2D eigenvalue weighted by Gasteiger charge is 2.22. The fourth-order valence-electron chi connectivity index (χ4n) is 3.34. The standard InChI is InChI=1S/C23H26FN3O2S/c1-2-15-30-21-6-4-3-5-20(21)26-22(28)16-27-13-11-19(12-14-27)25-23(29)17-7-9-18(24)10-8-17/h2-10,19H,1,11-16H2,(H,25,29)(H,26,28). The van der Waals surface area contributed by atoms with Crippen molar-refractivity contribution in [1.82, 2.24) is 10.2 Å². The molecule has 1 fully saturated rings. The highest BCUT2D eigenvalue weighted by molar-refractivity contribution is 7.99. The number of carbonyl (C=O) groups excluding carboxylic acids is 2. The molecule has 158 valence electrons. The molecule has 5 nitrogen and oxygen atoms in total. The Balaban J connectivity index is 1.44. The van der Waals surface area contributed by atoms with Crippen molar-refractivity contribution in [3.8, 4) is 0 Å². The SMILES string of the molecule is C=CCSc1ccccc1NC(=O)CN1CCC(NC(=O)c2ccc(F)cc2)CC1. The molecule has 2 aromatic carbocycles. The third kappa shape index (κ3) is 6.43. The molecule has 0 aromatic heterocycles. The summed E-state index contributed by atoms with van der Waals surface area (Å²) in [6, 6.07) is 13.3. The van der Waals surface area contributed by atoms with Crippen LogP contribution in [0.4, 0.5) is 10.1 Å². The minimum atomic E-state index is -0.361. The Hall–Kier alpha value is -2.64. The molecule has 0 aliphatic carbocycles. The van der Waals surface area contributed by atoms with Crippen molar-refractivity contribution in [3.05, 3.63) is 72.6 Å². The number of nitrogens with zero attached hydrogens (tertiary/aromatic N) is 1. The number of benzene rings is 2. The molecule has 30 heavy (non-hydrogen) atoms. The fourth-order valence-corrected chi connectivity index (χ4v) is 4.09. The molecule has 2 N–H and O–H groups in total. The van der Waals surface area contributed by atoms with E-state index in [1.807, 2.05) is 30.3 Å². The Morgan fingerprint density at radius 1 is 1.13 bits per heavy atom. The van der Waals surface area contributed by atoms with E-state index in [-0.39, 0.29) is 23.7 Å². The maximum absolute atomic E-state index is 13.0. The maximum Gasteiger partial charge on any atom is 0.251 e. The predicted molar refractivity (Wildman–Crippen MR) is 119 cm³/mol. The number of likely N-dealkylation sites (tertiary alicyclic amines) is 1. The molecule has 7 heteroatoms. The number of hydrogen-bond donors (Lipinski definition) is 2. The van der Waals surface area contributed by atoms with Crippen LogP contribution in [-0.4, -0.2) is 48.1 Å². The number of hydrogen-bond acceptors (Lipinski definition) is 4. The first-order valence-electron chi connectivity index (χ1n) is 9.96. The van der Waals surface area contributed by atoms with Crippen LogP contribution in [0.25, 0.3) is 0 Å². The molecule has 1 aliphatic rings. The van der Waals surface area contributed by atoms with Gasteiger partial charge >= 0.3 is 0 Å². The summed E-state index contributed by atoms with van der Waals surface area (Å²) < 4.78 is 13.0. The average molecular weight is 428 g/mol. The smallest absolute Gasteiger partial charge is 0.251 e. The van der Waals surface area contributed by atoms with Gasteiger partial charge in [0.25, 0.3) is 5.91 Å². The van der Waals surface area contributed by atoms with E-state index in [0.29, 0.717) is 12.1 Å². The van der Waals surface area contributed by atoms with Crippen LogP contribution >= 0.6 is 11.8 Å². The van der Waals surface area contributed by atoms with E-state index in [1.54, 1.807) is 11.8 Å². The Morgan fingerprint density at radius 2 is 1.83 bits per heavy atom. The largest absolute Gasteiger partial charge is 0.349 e. The number of halogens is 1. The second-order valence-electron chi connectivity index (χ2n) is 7.17. The molecule has 1 saturated heterocycles. The summed E-state index contributed by atoms with van der Waals surface area (Å²) in [4.78, 5) is 27.9. The summed E-state index contributed by atoms with van der Waals surface area (Å²) in [6.45, 7) is 5.51. The van der Waals surface area contributed by atoms with E-state index in [9.17, 15) is 14.0 Å². The summed E-state index contributed by atoms with van der Waals surface area (Å²) in [5.41, 5.74) is 1.27. The number of para-hydroxylation sites is 1. The third-order valence-corrected chi connectivity index (χ3v) is 5.98. The number of amides is 2. The summed E-state index contributed by atoms with van der Waals surface area (Å²) in [6.07, 6.45) is 3.38. The van der Waals surface area contributed by atoms with Crippen LogP contribution in [0.15, 0.2) is 66.1 Å². The van der Waals surface area contributed by atoms with Crippen LogP contribution in [-0.2, 0) is 4.79 Å². The van der Waals surface area contributed by atoms with E-state index in [2.05, 4.69) is 22.1 Å². The Bertz CT molecular complexity index is 880. The quantitative estimate of drug-likeness (QED) is 0.495. The summed E-state index contributed by atoms with van der Waals surface area (Å²) >= 11 is 1.63. The van der Waals surface area contributed by atoms with Crippen LogP contribution in [0.3, 0.4) is 0 Å². The summed E-state index contributed by atoms with van der Waals surface area (Å²) in [5.74, 6) is 0.180. The van der Waals surface area contributed by atoms with Crippen molar-refractivity contribution in [2.75, 3.05) is 30.7 Å². The molecule has 3 rings (SSSR count). The van der Waals surface area contributed by atoms with Crippen molar-refractivity contribution in [1.29, 1.82) is 0 Å². The minimum absolute atomic E-state index is 0.0459. The lowest BCUT2D eigenvalue weighted by atomic mass is 10.0. The Morgan fingerprint density at radius 3 is 2.53 bits per heavy atom. The molecular formula is C23H26FN3O2S. The fraction of sp³-hybridized carbons (Fsp3) is 0.304. The van der Waals surface area contributed by atoms with Crippen molar-refractivity contribution in [3.63, 3.8) is 0 Å². The van der Waals surface area contributed by atoms with Gasteiger partial charge in [-0.05, 0) is 49.2 Å². The zero-order chi connectivity index (χ0) is 21.3. The lowest BCUT2D eigenvalue weighted by Gasteiger charge is -2.31. The van der Waals surface area contributed by atoms with E-state index in [4.69, 9.17) is 0 Å². The molecule has 0 saturated carbocycles. The number of carbonyl (C=O) groups is 2. The molecule has 0 spiro atoms. The minimum Gasteiger partial charge on any atom is -0.349 e. The van der Waals surface area contributed by atoms with Gasteiger partial charge in [-0.15, -0.1) is 18.3 Å². The molecule has 1 aliphatic heterocycles. The van der Waals surface area contributed by atoms with Crippen LogP contribution < -0.4 is 10.6 Å². The maximum atomic E-state index is 13.0. The lowest BCUT2D eigenvalue weighted by molar-refractivity contribution is -0.117. The second-order valence-corrected chi connectivity index (χ2v) is 8.24. The number of thioether (sulfide) groups is 1. The van der Waals surface area contributed by atoms with Crippen molar-refractivity contribution >= 4 is 29.3 Å². The zero-order valence-corrected chi connectivity index (χ0v) is 17.6. The van der Waals surface area contributed by atoms with Crippen molar-refractivity contribution in [2.45, 2.75) is 23.8 Å². The first-order chi connectivity index (χ1) is 14.5. The number of anilines is 1. The van der Waals surface area contributed by atoms with E-state index < -0.39 is 0 Å². The predicted octanol–water partition coefficient (Wildman–Crippen LogP) is 3.94.